The van der Waals surface area contributed by atoms with Gasteiger partial charge in [-0.05, 0) is 30.7 Å². The van der Waals surface area contributed by atoms with Crippen LogP contribution in [0.2, 0.25) is 0 Å². The van der Waals surface area contributed by atoms with Crippen LogP contribution in [-0.4, -0.2) is 42.5 Å². The Morgan fingerprint density at radius 3 is 2.81 bits per heavy atom. The second-order valence-corrected chi connectivity index (χ2v) is 5.86. The van der Waals surface area contributed by atoms with E-state index in [1.54, 1.807) is 17.0 Å². The summed E-state index contributed by atoms with van der Waals surface area (Å²) < 4.78 is 6.38. The Balaban J connectivity index is 1.89. The molecule has 0 radical (unpaired) electrons. The topological polar surface area (TPSA) is 58.6 Å². The Labute approximate surface area is 132 Å². The highest BCUT2D eigenvalue weighted by Crippen LogP contribution is 2.16. The second-order valence-electron chi connectivity index (χ2n) is 4.94. The lowest BCUT2D eigenvalue weighted by Crippen LogP contribution is -2.49. The molecule has 5 nitrogen and oxygen atoms in total. The molecule has 114 valence electrons. The van der Waals surface area contributed by atoms with Crippen molar-refractivity contribution in [2.24, 2.45) is 0 Å². The van der Waals surface area contributed by atoms with Crippen LogP contribution < -0.4 is 5.32 Å². The molecule has 0 aliphatic carbocycles. The number of carbonyl (C=O) groups excluding carboxylic acids is 2. The van der Waals surface area contributed by atoms with Crippen LogP contribution in [0.3, 0.4) is 0 Å². The lowest BCUT2D eigenvalue weighted by Gasteiger charge is -2.32. The first-order valence-corrected chi connectivity index (χ1v) is 7.85. The smallest absolute Gasteiger partial charge is 0.252 e. The zero-order chi connectivity index (χ0) is 15.2. The molecule has 2 rings (SSSR count). The first-order chi connectivity index (χ1) is 10.1. The predicted octanol–water partition coefficient (Wildman–Crippen LogP) is 2.42. The van der Waals surface area contributed by atoms with Gasteiger partial charge in [-0.2, -0.15) is 0 Å². The van der Waals surface area contributed by atoms with Gasteiger partial charge in [-0.25, -0.2) is 0 Å². The maximum atomic E-state index is 12.2. The molecule has 1 fully saturated rings. The maximum Gasteiger partial charge on any atom is 0.252 e. The molecule has 0 bridgehead atoms. The van der Waals surface area contributed by atoms with Gasteiger partial charge in [0.25, 0.3) is 5.91 Å². The van der Waals surface area contributed by atoms with E-state index in [-0.39, 0.29) is 18.2 Å². The molecule has 0 saturated carbocycles. The fourth-order valence-corrected chi connectivity index (χ4v) is 2.51. The van der Waals surface area contributed by atoms with Crippen molar-refractivity contribution in [2.45, 2.75) is 25.9 Å². The summed E-state index contributed by atoms with van der Waals surface area (Å²) >= 11 is 3.34. The van der Waals surface area contributed by atoms with Gasteiger partial charge in [0.15, 0.2) is 0 Å². The van der Waals surface area contributed by atoms with Crippen molar-refractivity contribution < 1.29 is 14.3 Å². The van der Waals surface area contributed by atoms with E-state index in [0.29, 0.717) is 25.4 Å². The SMILES string of the molecule is CCCN1CCOC(CC(=O)Nc2ccc(Br)cc2)C1=O. The van der Waals surface area contributed by atoms with Gasteiger partial charge in [0.1, 0.15) is 6.10 Å². The normalized spacial score (nSPS) is 18.7. The van der Waals surface area contributed by atoms with Crippen molar-refractivity contribution in [1.29, 1.82) is 0 Å². The van der Waals surface area contributed by atoms with Gasteiger partial charge in [0, 0.05) is 23.2 Å². The van der Waals surface area contributed by atoms with E-state index in [1.165, 1.54) is 0 Å². The minimum Gasteiger partial charge on any atom is -0.366 e. The number of rotatable bonds is 5. The summed E-state index contributed by atoms with van der Waals surface area (Å²) in [5.74, 6) is -0.303. The molecular weight excluding hydrogens is 336 g/mol. The third kappa shape index (κ3) is 4.54. The highest BCUT2D eigenvalue weighted by Gasteiger charge is 2.30. The van der Waals surface area contributed by atoms with E-state index in [1.807, 2.05) is 19.1 Å². The number of hydrogen-bond acceptors (Lipinski definition) is 3. The van der Waals surface area contributed by atoms with Gasteiger partial charge in [-0.1, -0.05) is 22.9 Å². The molecule has 1 N–H and O–H groups in total. The van der Waals surface area contributed by atoms with Crippen molar-refractivity contribution in [2.75, 3.05) is 25.0 Å². The summed E-state index contributed by atoms with van der Waals surface area (Å²) in [6, 6.07) is 7.30. The fraction of sp³-hybridized carbons (Fsp3) is 0.467. The van der Waals surface area contributed by atoms with Crippen molar-refractivity contribution in [3.63, 3.8) is 0 Å². The van der Waals surface area contributed by atoms with Crippen LogP contribution in [-0.2, 0) is 14.3 Å². The number of morpholine rings is 1. The van der Waals surface area contributed by atoms with E-state index in [9.17, 15) is 9.59 Å². The van der Waals surface area contributed by atoms with Crippen LogP contribution in [0.15, 0.2) is 28.7 Å². The molecule has 1 aliphatic rings. The molecule has 1 aromatic carbocycles. The third-order valence-electron chi connectivity index (χ3n) is 3.26. The predicted molar refractivity (Wildman–Crippen MR) is 84.0 cm³/mol. The molecule has 0 spiro atoms. The number of halogens is 1. The summed E-state index contributed by atoms with van der Waals surface area (Å²) in [5, 5.41) is 2.77. The number of amides is 2. The number of anilines is 1. The quantitative estimate of drug-likeness (QED) is 0.883. The zero-order valence-corrected chi connectivity index (χ0v) is 13.6. The lowest BCUT2D eigenvalue weighted by molar-refractivity contribution is -0.155. The standard InChI is InChI=1S/C15H19BrN2O3/c1-2-7-18-8-9-21-13(15(18)20)10-14(19)17-12-5-3-11(16)4-6-12/h3-6,13H,2,7-10H2,1H3,(H,17,19). The molecule has 2 amide bonds. The summed E-state index contributed by atoms with van der Waals surface area (Å²) in [5.41, 5.74) is 0.705. The highest BCUT2D eigenvalue weighted by molar-refractivity contribution is 9.10. The second kappa shape index (κ2) is 7.56. The molecule has 1 aliphatic heterocycles. The Kier molecular flexibility index (Phi) is 5.76. The number of carbonyl (C=O) groups is 2. The number of nitrogens with one attached hydrogen (secondary N) is 1. The van der Waals surface area contributed by atoms with Crippen LogP contribution in [0.4, 0.5) is 5.69 Å². The largest absolute Gasteiger partial charge is 0.366 e. The summed E-state index contributed by atoms with van der Waals surface area (Å²) in [6.45, 7) is 3.84. The number of hydrogen-bond donors (Lipinski definition) is 1. The number of nitrogens with zero attached hydrogens (tertiary/aromatic N) is 1. The molecule has 1 saturated heterocycles. The lowest BCUT2D eigenvalue weighted by atomic mass is 10.1. The van der Waals surface area contributed by atoms with Gasteiger partial charge in [0.05, 0.1) is 13.0 Å². The Morgan fingerprint density at radius 2 is 2.14 bits per heavy atom. The minimum absolute atomic E-state index is 0.0507. The van der Waals surface area contributed by atoms with Gasteiger partial charge in [-0.3, -0.25) is 9.59 Å². The first-order valence-electron chi connectivity index (χ1n) is 7.06. The monoisotopic (exact) mass is 354 g/mol. The van der Waals surface area contributed by atoms with Crippen molar-refractivity contribution in [3.05, 3.63) is 28.7 Å². The molecule has 1 atom stereocenters. The molecule has 1 aromatic rings. The van der Waals surface area contributed by atoms with Crippen molar-refractivity contribution in [1.82, 2.24) is 4.90 Å². The number of benzene rings is 1. The average Bonchev–Trinajstić information content (AvgIpc) is 2.46. The molecule has 6 heteroatoms. The highest BCUT2D eigenvalue weighted by atomic mass is 79.9. The van der Waals surface area contributed by atoms with E-state index < -0.39 is 6.10 Å². The summed E-state index contributed by atoms with van der Waals surface area (Å²) in [6.07, 6.45) is 0.291. The summed E-state index contributed by atoms with van der Waals surface area (Å²) in [7, 11) is 0. The van der Waals surface area contributed by atoms with Crippen LogP contribution >= 0.6 is 15.9 Å². The van der Waals surface area contributed by atoms with Crippen LogP contribution in [0.25, 0.3) is 0 Å². The molecule has 0 aromatic heterocycles. The Hall–Kier alpha value is -1.40. The van der Waals surface area contributed by atoms with Gasteiger partial charge in [-0.15, -0.1) is 0 Å². The van der Waals surface area contributed by atoms with Gasteiger partial charge in [0.2, 0.25) is 5.91 Å². The van der Waals surface area contributed by atoms with Crippen molar-refractivity contribution in [3.8, 4) is 0 Å². The first kappa shape index (κ1) is 16.0. The third-order valence-corrected chi connectivity index (χ3v) is 3.79. The van der Waals surface area contributed by atoms with Gasteiger partial charge >= 0.3 is 0 Å². The summed E-state index contributed by atoms with van der Waals surface area (Å²) in [4.78, 5) is 25.9. The molecule has 1 heterocycles. The Morgan fingerprint density at radius 1 is 1.43 bits per heavy atom. The minimum atomic E-state index is -0.666. The van der Waals surface area contributed by atoms with E-state index in [2.05, 4.69) is 21.2 Å². The Bertz CT molecular complexity index is 502. The van der Waals surface area contributed by atoms with Gasteiger partial charge < -0.3 is 15.0 Å². The van der Waals surface area contributed by atoms with E-state index in [0.717, 1.165) is 10.9 Å². The fourth-order valence-electron chi connectivity index (χ4n) is 2.24. The zero-order valence-electron chi connectivity index (χ0n) is 12.0. The maximum absolute atomic E-state index is 12.2. The molecule has 21 heavy (non-hydrogen) atoms. The molecule has 1 unspecified atom stereocenters. The van der Waals surface area contributed by atoms with Crippen LogP contribution in [0.5, 0.6) is 0 Å². The van der Waals surface area contributed by atoms with Crippen LogP contribution in [0.1, 0.15) is 19.8 Å². The van der Waals surface area contributed by atoms with E-state index in [4.69, 9.17) is 4.74 Å². The van der Waals surface area contributed by atoms with Crippen LogP contribution in [0, 0.1) is 0 Å². The van der Waals surface area contributed by atoms with E-state index >= 15 is 0 Å². The average molecular weight is 355 g/mol. The molecular formula is C15H19BrN2O3. The number of ether oxygens (including phenoxy) is 1. The van der Waals surface area contributed by atoms with Crippen molar-refractivity contribution >= 4 is 33.4 Å².